The van der Waals surface area contributed by atoms with Crippen molar-refractivity contribution in [1.29, 1.82) is 0 Å². The summed E-state index contributed by atoms with van der Waals surface area (Å²) in [7, 11) is 0. The molecular formula is C25H23FN4O2S. The molecule has 1 aromatic heterocycles. The second kappa shape index (κ2) is 10.3. The number of hydrogen-bond acceptors (Lipinski definition) is 5. The Morgan fingerprint density at radius 2 is 1.76 bits per heavy atom. The molecule has 1 heterocycles. The van der Waals surface area contributed by atoms with Gasteiger partial charge in [-0.1, -0.05) is 54.2 Å². The minimum atomic E-state index is -0.477. The fourth-order valence-electron chi connectivity index (χ4n) is 3.25. The molecule has 0 bridgehead atoms. The molecule has 8 heteroatoms. The number of anilines is 1. The monoisotopic (exact) mass is 462 g/mol. The summed E-state index contributed by atoms with van der Waals surface area (Å²) in [6.07, 6.45) is 0. The minimum Gasteiger partial charge on any atom is -0.486 e. The summed E-state index contributed by atoms with van der Waals surface area (Å²) in [5.74, 6) is 0.588. The van der Waals surface area contributed by atoms with E-state index in [1.54, 1.807) is 12.1 Å². The van der Waals surface area contributed by atoms with E-state index in [0.717, 1.165) is 22.6 Å². The van der Waals surface area contributed by atoms with Crippen molar-refractivity contribution in [3.63, 3.8) is 0 Å². The zero-order chi connectivity index (χ0) is 23.2. The molecule has 168 valence electrons. The Bertz CT molecular complexity index is 1260. The molecule has 0 radical (unpaired) electrons. The highest BCUT2D eigenvalue weighted by molar-refractivity contribution is 7.99. The lowest BCUT2D eigenvalue weighted by atomic mass is 10.1. The van der Waals surface area contributed by atoms with Crippen LogP contribution in [0.1, 0.15) is 17.0 Å². The molecule has 0 aliphatic heterocycles. The number of nitrogens with one attached hydrogen (secondary N) is 1. The van der Waals surface area contributed by atoms with E-state index in [1.165, 1.54) is 23.9 Å². The highest BCUT2D eigenvalue weighted by atomic mass is 32.2. The second-order valence-electron chi connectivity index (χ2n) is 7.37. The van der Waals surface area contributed by atoms with Gasteiger partial charge in [0, 0.05) is 0 Å². The van der Waals surface area contributed by atoms with E-state index in [1.807, 2.05) is 66.9 Å². The zero-order valence-corrected chi connectivity index (χ0v) is 19.1. The van der Waals surface area contributed by atoms with E-state index < -0.39 is 5.82 Å². The van der Waals surface area contributed by atoms with Gasteiger partial charge >= 0.3 is 0 Å². The molecule has 6 nitrogen and oxygen atoms in total. The van der Waals surface area contributed by atoms with Gasteiger partial charge < -0.3 is 10.1 Å². The van der Waals surface area contributed by atoms with Gasteiger partial charge in [0.05, 0.1) is 17.1 Å². The number of rotatable bonds is 8. The predicted octanol–water partition coefficient (Wildman–Crippen LogP) is 5.33. The van der Waals surface area contributed by atoms with Crippen molar-refractivity contribution in [2.45, 2.75) is 25.6 Å². The number of aromatic nitrogens is 3. The number of para-hydroxylation sites is 2. The number of aryl methyl sites for hydroxylation is 1. The van der Waals surface area contributed by atoms with Gasteiger partial charge in [0.25, 0.3) is 0 Å². The molecule has 0 spiro atoms. The van der Waals surface area contributed by atoms with Crippen LogP contribution in [0.3, 0.4) is 0 Å². The van der Waals surface area contributed by atoms with E-state index in [-0.39, 0.29) is 24.0 Å². The number of carbonyl (C=O) groups excluding carboxylic acids is 1. The summed E-state index contributed by atoms with van der Waals surface area (Å²) in [4.78, 5) is 12.4. The maximum Gasteiger partial charge on any atom is 0.234 e. The first-order chi connectivity index (χ1) is 16.0. The van der Waals surface area contributed by atoms with E-state index >= 15 is 0 Å². The van der Waals surface area contributed by atoms with E-state index in [9.17, 15) is 9.18 Å². The molecule has 4 aromatic rings. The third-order valence-electron chi connectivity index (χ3n) is 5.11. The van der Waals surface area contributed by atoms with Crippen molar-refractivity contribution < 1.29 is 13.9 Å². The number of thioether (sulfide) groups is 1. The largest absolute Gasteiger partial charge is 0.486 e. The summed E-state index contributed by atoms with van der Waals surface area (Å²) in [6.45, 7) is 4.29. The first-order valence-corrected chi connectivity index (χ1v) is 11.4. The maximum absolute atomic E-state index is 13.8. The van der Waals surface area contributed by atoms with Crippen molar-refractivity contribution in [3.8, 4) is 11.4 Å². The van der Waals surface area contributed by atoms with Crippen LogP contribution in [0.25, 0.3) is 5.69 Å². The van der Waals surface area contributed by atoms with Crippen LogP contribution in [-0.2, 0) is 11.4 Å². The number of nitrogens with zero attached hydrogens (tertiary/aromatic N) is 3. The summed E-state index contributed by atoms with van der Waals surface area (Å²) < 4.78 is 21.7. The topological polar surface area (TPSA) is 69.0 Å². The third-order valence-corrected chi connectivity index (χ3v) is 6.04. The van der Waals surface area contributed by atoms with Crippen molar-refractivity contribution in [2.24, 2.45) is 0 Å². The average molecular weight is 463 g/mol. The van der Waals surface area contributed by atoms with Gasteiger partial charge in [-0.2, -0.15) is 0 Å². The zero-order valence-electron chi connectivity index (χ0n) is 18.3. The molecule has 1 amide bonds. The summed E-state index contributed by atoms with van der Waals surface area (Å²) in [6, 6.07) is 21.6. The number of benzene rings is 3. The standard InChI is InChI=1S/C25H23FN4O2S/c1-17-9-8-14-22(18(17)2)30-23(15-32-19-10-4-3-5-11-19)28-29-25(30)33-16-24(31)27-21-13-7-6-12-20(21)26/h3-14H,15-16H2,1-2H3,(H,27,31). The van der Waals surface area contributed by atoms with Crippen LogP contribution in [0.2, 0.25) is 0 Å². The molecule has 0 saturated heterocycles. The van der Waals surface area contributed by atoms with Crippen LogP contribution in [0.5, 0.6) is 5.75 Å². The summed E-state index contributed by atoms with van der Waals surface area (Å²) in [5, 5.41) is 11.8. The molecule has 3 aromatic carbocycles. The molecule has 0 aliphatic rings. The lowest BCUT2D eigenvalue weighted by Gasteiger charge is -2.15. The molecule has 33 heavy (non-hydrogen) atoms. The van der Waals surface area contributed by atoms with E-state index in [4.69, 9.17) is 4.74 Å². The van der Waals surface area contributed by atoms with E-state index in [2.05, 4.69) is 15.5 Å². The molecule has 4 rings (SSSR count). The first kappa shape index (κ1) is 22.5. The Labute approximate surface area is 195 Å². The Kier molecular flexibility index (Phi) is 7.04. The number of ether oxygens (including phenoxy) is 1. The predicted molar refractivity (Wildman–Crippen MR) is 127 cm³/mol. The number of halogens is 1. The summed E-state index contributed by atoms with van der Waals surface area (Å²) in [5.41, 5.74) is 3.28. The van der Waals surface area contributed by atoms with Crippen molar-refractivity contribution in [3.05, 3.63) is 95.6 Å². The number of carbonyl (C=O) groups is 1. The van der Waals surface area contributed by atoms with Gasteiger partial charge in [0.2, 0.25) is 5.91 Å². The Morgan fingerprint density at radius 1 is 1.00 bits per heavy atom. The fourth-order valence-corrected chi connectivity index (χ4v) is 4.01. The van der Waals surface area contributed by atoms with Gasteiger partial charge in [0.1, 0.15) is 18.2 Å². The molecule has 1 N–H and O–H groups in total. The fraction of sp³-hybridized carbons (Fsp3) is 0.160. The van der Waals surface area contributed by atoms with Crippen LogP contribution in [-0.4, -0.2) is 26.4 Å². The van der Waals surface area contributed by atoms with Crippen LogP contribution in [0, 0.1) is 19.7 Å². The SMILES string of the molecule is Cc1cccc(-n2c(COc3ccccc3)nnc2SCC(=O)Nc2ccccc2F)c1C. The van der Waals surface area contributed by atoms with Crippen molar-refractivity contribution in [2.75, 3.05) is 11.1 Å². The van der Waals surface area contributed by atoms with Crippen LogP contribution >= 0.6 is 11.8 Å². The highest BCUT2D eigenvalue weighted by Gasteiger charge is 2.18. The molecular weight excluding hydrogens is 439 g/mol. The summed E-state index contributed by atoms with van der Waals surface area (Å²) >= 11 is 1.23. The smallest absolute Gasteiger partial charge is 0.234 e. The molecule has 0 unspecified atom stereocenters. The Morgan fingerprint density at radius 3 is 2.55 bits per heavy atom. The average Bonchev–Trinajstić information content (AvgIpc) is 3.23. The first-order valence-electron chi connectivity index (χ1n) is 10.4. The van der Waals surface area contributed by atoms with Crippen molar-refractivity contribution >= 4 is 23.4 Å². The Balaban J connectivity index is 1.56. The maximum atomic E-state index is 13.8. The van der Waals surface area contributed by atoms with Crippen molar-refractivity contribution in [1.82, 2.24) is 14.8 Å². The number of amides is 1. The molecule has 0 aliphatic carbocycles. The molecule has 0 fully saturated rings. The van der Waals surface area contributed by atoms with Crippen LogP contribution in [0.4, 0.5) is 10.1 Å². The highest BCUT2D eigenvalue weighted by Crippen LogP contribution is 2.27. The Hall–Kier alpha value is -3.65. The van der Waals surface area contributed by atoms with Crippen LogP contribution in [0.15, 0.2) is 78.0 Å². The molecule has 0 atom stereocenters. The van der Waals surface area contributed by atoms with Crippen LogP contribution < -0.4 is 10.1 Å². The quantitative estimate of drug-likeness (QED) is 0.358. The van der Waals surface area contributed by atoms with Gasteiger partial charge in [0.15, 0.2) is 11.0 Å². The lowest BCUT2D eigenvalue weighted by Crippen LogP contribution is -2.16. The van der Waals surface area contributed by atoms with Gasteiger partial charge in [-0.3, -0.25) is 9.36 Å². The second-order valence-corrected chi connectivity index (χ2v) is 8.31. The molecule has 0 saturated carbocycles. The van der Waals surface area contributed by atoms with E-state index in [0.29, 0.717) is 11.0 Å². The number of hydrogen-bond donors (Lipinski definition) is 1. The van der Waals surface area contributed by atoms with Gasteiger partial charge in [-0.25, -0.2) is 4.39 Å². The third kappa shape index (κ3) is 5.40. The normalized spacial score (nSPS) is 10.8. The lowest BCUT2D eigenvalue weighted by molar-refractivity contribution is -0.113. The minimum absolute atomic E-state index is 0.0525. The van der Waals surface area contributed by atoms with Gasteiger partial charge in [-0.15, -0.1) is 10.2 Å². The van der Waals surface area contributed by atoms with Gasteiger partial charge in [-0.05, 0) is 55.3 Å².